The molecule has 2 nitrogen and oxygen atoms in total. The Bertz CT molecular complexity index is 1410. The van der Waals surface area contributed by atoms with E-state index in [2.05, 4.69) is 118 Å². The second-order valence-corrected chi connectivity index (χ2v) is 10.5. The van der Waals surface area contributed by atoms with Crippen LogP contribution in [-0.4, -0.2) is 5.11 Å². The Hall–Kier alpha value is -3.78. The monoisotopic (exact) mass is 443 g/mol. The van der Waals surface area contributed by atoms with Crippen LogP contribution < -0.4 is 4.90 Å². The maximum atomic E-state index is 10.2. The molecule has 0 heterocycles. The summed E-state index contributed by atoms with van der Waals surface area (Å²) in [6.07, 6.45) is 0. The van der Waals surface area contributed by atoms with Crippen LogP contribution >= 0.6 is 0 Å². The van der Waals surface area contributed by atoms with E-state index in [0.29, 0.717) is 5.75 Å². The van der Waals surface area contributed by atoms with Gasteiger partial charge in [-0.2, -0.15) is 0 Å². The van der Waals surface area contributed by atoms with Gasteiger partial charge in [-0.1, -0.05) is 76.2 Å². The molecule has 1 N–H and O–H groups in total. The number of hydrogen-bond acceptors (Lipinski definition) is 2. The highest BCUT2D eigenvalue weighted by Crippen LogP contribution is 2.63. The summed E-state index contributed by atoms with van der Waals surface area (Å²) in [5, 5.41) is 10.2. The zero-order valence-electron chi connectivity index (χ0n) is 20.1. The van der Waals surface area contributed by atoms with Crippen LogP contribution in [0.1, 0.15) is 49.9 Å². The van der Waals surface area contributed by atoms with Crippen LogP contribution in [0.2, 0.25) is 0 Å². The van der Waals surface area contributed by atoms with Gasteiger partial charge in [0.25, 0.3) is 0 Å². The number of allylic oxidation sites excluding steroid dienone is 2. The molecular weight excluding hydrogens is 414 g/mol. The number of rotatable bonds is 3. The number of phenols is 1. The van der Waals surface area contributed by atoms with Gasteiger partial charge in [0.15, 0.2) is 0 Å². The molecule has 0 radical (unpaired) electrons. The predicted octanol–water partition coefficient (Wildman–Crippen LogP) is 8.36. The zero-order valence-corrected chi connectivity index (χ0v) is 20.1. The lowest BCUT2D eigenvalue weighted by atomic mass is 9.75. The summed E-state index contributed by atoms with van der Waals surface area (Å²) in [4.78, 5) is 2.33. The Kier molecular flexibility index (Phi) is 4.35. The van der Waals surface area contributed by atoms with E-state index in [1.807, 2.05) is 12.1 Å². The quantitative estimate of drug-likeness (QED) is 0.344. The van der Waals surface area contributed by atoms with Gasteiger partial charge in [-0.3, -0.25) is 0 Å². The van der Waals surface area contributed by atoms with Crippen LogP contribution in [0, 0.1) is 0 Å². The first-order chi connectivity index (χ1) is 16.3. The number of para-hydroxylation sites is 2. The number of anilines is 3. The minimum Gasteiger partial charge on any atom is -0.508 e. The van der Waals surface area contributed by atoms with Crippen molar-refractivity contribution >= 4 is 28.2 Å². The highest BCUT2D eigenvalue weighted by atomic mass is 16.3. The topological polar surface area (TPSA) is 23.5 Å². The van der Waals surface area contributed by atoms with Gasteiger partial charge in [0.2, 0.25) is 0 Å². The molecule has 0 atom stereocenters. The van der Waals surface area contributed by atoms with Gasteiger partial charge < -0.3 is 10.0 Å². The molecule has 0 saturated heterocycles. The van der Waals surface area contributed by atoms with Gasteiger partial charge in [-0.25, -0.2) is 0 Å². The minimum absolute atomic E-state index is 0.140. The van der Waals surface area contributed by atoms with Crippen molar-refractivity contribution in [2.24, 2.45) is 0 Å². The van der Waals surface area contributed by atoms with Crippen LogP contribution in [0.25, 0.3) is 11.1 Å². The zero-order chi connectivity index (χ0) is 23.7. The summed E-state index contributed by atoms with van der Waals surface area (Å²) in [7, 11) is 0. The van der Waals surface area contributed by atoms with Crippen molar-refractivity contribution in [2.45, 2.75) is 38.5 Å². The summed E-state index contributed by atoms with van der Waals surface area (Å²) in [6, 6.07) is 33.9. The van der Waals surface area contributed by atoms with Crippen molar-refractivity contribution in [2.75, 3.05) is 4.90 Å². The Morgan fingerprint density at radius 3 is 1.53 bits per heavy atom. The van der Waals surface area contributed by atoms with Gasteiger partial charge >= 0.3 is 0 Å². The Balaban J connectivity index is 1.54. The van der Waals surface area contributed by atoms with Crippen molar-refractivity contribution in [1.82, 2.24) is 0 Å². The van der Waals surface area contributed by atoms with E-state index < -0.39 is 0 Å². The van der Waals surface area contributed by atoms with Gasteiger partial charge in [-0.15, -0.1) is 0 Å². The number of nitrogens with zero attached hydrogens (tertiary/aromatic N) is 1. The molecule has 6 rings (SSSR count). The van der Waals surface area contributed by atoms with Crippen LogP contribution in [0.5, 0.6) is 5.75 Å². The maximum Gasteiger partial charge on any atom is 0.115 e. The lowest BCUT2D eigenvalue weighted by Gasteiger charge is -2.31. The SMILES string of the molecule is CC1(C)C2=C(c3ccc(O)cc31)C(C)(C)c1cc(N(c3ccccc3)c3ccccc3)ccc12. The first-order valence-electron chi connectivity index (χ1n) is 11.9. The van der Waals surface area contributed by atoms with Gasteiger partial charge in [0, 0.05) is 27.9 Å². The molecule has 0 unspecified atom stereocenters. The Labute approximate surface area is 201 Å². The molecule has 2 heteroatoms. The van der Waals surface area contributed by atoms with Crippen molar-refractivity contribution in [3.05, 3.63) is 119 Å². The third-order valence-electron chi connectivity index (χ3n) is 7.68. The highest BCUT2D eigenvalue weighted by molar-refractivity contribution is 6.09. The van der Waals surface area contributed by atoms with Crippen molar-refractivity contribution in [3.63, 3.8) is 0 Å². The van der Waals surface area contributed by atoms with Crippen molar-refractivity contribution in [3.8, 4) is 5.75 Å². The first-order valence-corrected chi connectivity index (χ1v) is 11.9. The van der Waals surface area contributed by atoms with Crippen LogP contribution in [0.3, 0.4) is 0 Å². The van der Waals surface area contributed by atoms with Crippen molar-refractivity contribution < 1.29 is 5.11 Å². The summed E-state index contributed by atoms with van der Waals surface area (Å²) in [6.45, 7) is 9.25. The lowest BCUT2D eigenvalue weighted by molar-refractivity contribution is 0.473. The second kappa shape index (κ2) is 7.11. The average molecular weight is 444 g/mol. The minimum atomic E-state index is -0.161. The maximum absolute atomic E-state index is 10.2. The van der Waals surface area contributed by atoms with E-state index in [9.17, 15) is 5.11 Å². The Morgan fingerprint density at radius 2 is 1.00 bits per heavy atom. The molecule has 0 aliphatic heterocycles. The number of phenolic OH excluding ortho intramolecular Hbond substituents is 1. The number of hydrogen-bond donors (Lipinski definition) is 1. The molecule has 34 heavy (non-hydrogen) atoms. The molecule has 168 valence electrons. The average Bonchev–Trinajstić information content (AvgIpc) is 3.22. The van der Waals surface area contributed by atoms with Crippen molar-refractivity contribution in [1.29, 1.82) is 0 Å². The number of benzene rings is 4. The van der Waals surface area contributed by atoms with Crippen LogP contribution in [-0.2, 0) is 10.8 Å². The molecule has 0 aromatic heterocycles. The number of fused-ring (bicyclic) bond motifs is 4. The molecule has 2 aliphatic rings. The third kappa shape index (κ3) is 2.81. The van der Waals surface area contributed by atoms with Crippen LogP contribution in [0.15, 0.2) is 97.1 Å². The fraction of sp³-hybridized carbons (Fsp3) is 0.188. The molecular formula is C32H29NO. The van der Waals surface area contributed by atoms with Gasteiger partial charge in [-0.05, 0) is 81.9 Å². The second-order valence-electron chi connectivity index (χ2n) is 10.5. The smallest absolute Gasteiger partial charge is 0.115 e. The number of aromatic hydroxyl groups is 1. The summed E-state index contributed by atoms with van der Waals surface area (Å²) < 4.78 is 0. The Morgan fingerprint density at radius 1 is 0.529 bits per heavy atom. The predicted molar refractivity (Wildman–Crippen MR) is 142 cm³/mol. The molecule has 0 amide bonds. The molecule has 2 aliphatic carbocycles. The molecule has 0 saturated carbocycles. The van der Waals surface area contributed by atoms with E-state index in [1.165, 1.54) is 33.4 Å². The van der Waals surface area contributed by atoms with E-state index in [0.717, 1.165) is 17.1 Å². The lowest BCUT2D eigenvalue weighted by Crippen LogP contribution is -2.20. The molecule has 0 spiro atoms. The summed E-state index contributed by atoms with van der Waals surface area (Å²) >= 11 is 0. The largest absolute Gasteiger partial charge is 0.508 e. The van der Waals surface area contributed by atoms with E-state index in [1.54, 1.807) is 0 Å². The molecule has 4 aromatic carbocycles. The fourth-order valence-corrected chi connectivity index (χ4v) is 6.11. The molecule has 4 aromatic rings. The van der Waals surface area contributed by atoms with Gasteiger partial charge in [0.05, 0.1) is 0 Å². The van der Waals surface area contributed by atoms with E-state index in [4.69, 9.17) is 0 Å². The fourth-order valence-electron chi connectivity index (χ4n) is 6.11. The van der Waals surface area contributed by atoms with E-state index in [-0.39, 0.29) is 10.8 Å². The standard InChI is InChI=1S/C32H29NO/c1-31(2)27-19-23(33(21-11-7-5-8-12-21)22-13-9-6-10-14-22)15-17-25(27)29-30(31)26-18-16-24(34)20-28(26)32(29,3)4/h5-20,34H,1-4H3. The van der Waals surface area contributed by atoms with Crippen LogP contribution in [0.4, 0.5) is 17.1 Å². The van der Waals surface area contributed by atoms with Gasteiger partial charge in [0.1, 0.15) is 5.75 Å². The first kappa shape index (κ1) is 20.8. The highest BCUT2D eigenvalue weighted by Gasteiger charge is 2.49. The van der Waals surface area contributed by atoms with E-state index >= 15 is 0 Å². The summed E-state index contributed by atoms with van der Waals surface area (Å²) in [5.41, 5.74) is 11.1. The normalized spacial score (nSPS) is 16.7. The molecule has 0 fully saturated rings. The summed E-state index contributed by atoms with van der Waals surface area (Å²) in [5.74, 6) is 0.336. The molecule has 0 bridgehead atoms. The third-order valence-corrected chi connectivity index (χ3v) is 7.68.